The highest BCUT2D eigenvalue weighted by Gasteiger charge is 2.30. The van der Waals surface area contributed by atoms with E-state index in [0.717, 1.165) is 18.8 Å². The van der Waals surface area contributed by atoms with E-state index in [4.69, 9.17) is 5.26 Å². The number of carbonyl (C=O) groups excluding carboxylic acids is 1. The Kier molecular flexibility index (Phi) is 3.60. The van der Waals surface area contributed by atoms with Gasteiger partial charge in [0.15, 0.2) is 0 Å². The molecule has 1 aromatic carbocycles. The minimum Gasteiger partial charge on any atom is -0.372 e. The van der Waals surface area contributed by atoms with Gasteiger partial charge in [-0.25, -0.2) is 0 Å². The number of rotatable bonds is 2. The fraction of sp³-hybridized carbons (Fsp3) is 0.500. The van der Waals surface area contributed by atoms with Crippen LogP contribution in [0, 0.1) is 17.2 Å². The fourth-order valence-corrected chi connectivity index (χ4v) is 3.04. The maximum atomic E-state index is 11.9. The van der Waals surface area contributed by atoms with Crippen LogP contribution in [0.1, 0.15) is 25.7 Å². The van der Waals surface area contributed by atoms with E-state index >= 15 is 0 Å². The van der Waals surface area contributed by atoms with Crippen molar-refractivity contribution in [1.82, 2.24) is 0 Å². The van der Waals surface area contributed by atoms with Gasteiger partial charge in [-0.15, -0.1) is 0 Å². The summed E-state index contributed by atoms with van der Waals surface area (Å²) in [6.45, 7) is 2.77. The molecule has 20 heavy (non-hydrogen) atoms. The Labute approximate surface area is 119 Å². The van der Waals surface area contributed by atoms with Gasteiger partial charge in [-0.05, 0) is 43.5 Å². The number of nitrogens with zero attached hydrogens (tertiary/aromatic N) is 3. The molecule has 0 spiro atoms. The maximum absolute atomic E-state index is 11.9. The molecule has 0 aromatic heterocycles. The van der Waals surface area contributed by atoms with Gasteiger partial charge in [0.05, 0.1) is 12.0 Å². The van der Waals surface area contributed by atoms with E-state index in [9.17, 15) is 4.79 Å². The van der Waals surface area contributed by atoms with Gasteiger partial charge in [0, 0.05) is 37.4 Å². The summed E-state index contributed by atoms with van der Waals surface area (Å²) in [4.78, 5) is 16.0. The van der Waals surface area contributed by atoms with Crippen LogP contribution in [0.5, 0.6) is 0 Å². The summed E-state index contributed by atoms with van der Waals surface area (Å²) < 4.78 is 0. The van der Waals surface area contributed by atoms with Gasteiger partial charge >= 0.3 is 0 Å². The summed E-state index contributed by atoms with van der Waals surface area (Å²) in [6.07, 6.45) is 4.20. The number of anilines is 2. The quantitative estimate of drug-likeness (QED) is 0.829. The highest BCUT2D eigenvalue weighted by atomic mass is 16.2. The minimum atomic E-state index is -0.163. The number of hydrogen-bond acceptors (Lipinski definition) is 3. The van der Waals surface area contributed by atoms with Crippen LogP contribution < -0.4 is 9.80 Å². The first kappa shape index (κ1) is 13.0. The van der Waals surface area contributed by atoms with Gasteiger partial charge in [-0.1, -0.05) is 0 Å². The first-order chi connectivity index (χ1) is 9.78. The normalized spacial score (nSPS) is 22.9. The molecule has 4 heteroatoms. The molecule has 1 atom stereocenters. The zero-order chi connectivity index (χ0) is 13.9. The molecule has 104 valence electrons. The van der Waals surface area contributed by atoms with Crippen molar-refractivity contribution in [3.8, 4) is 6.07 Å². The van der Waals surface area contributed by atoms with Gasteiger partial charge in [0.25, 0.3) is 0 Å². The average Bonchev–Trinajstić information content (AvgIpc) is 2.89. The third kappa shape index (κ3) is 2.49. The third-order valence-corrected chi connectivity index (χ3v) is 4.19. The second-order valence-corrected chi connectivity index (χ2v) is 5.60. The molecule has 0 bridgehead atoms. The van der Waals surface area contributed by atoms with Crippen LogP contribution in [0.15, 0.2) is 24.3 Å². The lowest BCUT2D eigenvalue weighted by molar-refractivity contribution is -0.117. The van der Waals surface area contributed by atoms with Crippen molar-refractivity contribution < 1.29 is 4.79 Å². The summed E-state index contributed by atoms with van der Waals surface area (Å²) in [6, 6.07) is 10.4. The number of benzene rings is 1. The van der Waals surface area contributed by atoms with Gasteiger partial charge in [0.1, 0.15) is 0 Å². The van der Waals surface area contributed by atoms with Crippen molar-refractivity contribution in [2.75, 3.05) is 29.4 Å². The van der Waals surface area contributed by atoms with Crippen molar-refractivity contribution in [3.05, 3.63) is 24.3 Å². The molecule has 2 aliphatic rings. The van der Waals surface area contributed by atoms with Crippen molar-refractivity contribution in [2.24, 2.45) is 5.92 Å². The lowest BCUT2D eigenvalue weighted by Gasteiger charge is -2.29. The number of hydrogen-bond donors (Lipinski definition) is 0. The molecule has 0 radical (unpaired) electrons. The summed E-state index contributed by atoms with van der Waals surface area (Å²) in [5.74, 6) is -0.105. The van der Waals surface area contributed by atoms with E-state index in [1.165, 1.54) is 24.9 Å². The van der Waals surface area contributed by atoms with Gasteiger partial charge in [0.2, 0.25) is 5.91 Å². The highest BCUT2D eigenvalue weighted by molar-refractivity contribution is 5.96. The molecule has 1 amide bonds. The molecule has 2 heterocycles. The zero-order valence-electron chi connectivity index (χ0n) is 11.6. The van der Waals surface area contributed by atoms with Crippen molar-refractivity contribution in [3.63, 3.8) is 0 Å². The predicted molar refractivity (Wildman–Crippen MR) is 78.6 cm³/mol. The second kappa shape index (κ2) is 5.54. The predicted octanol–water partition coefficient (Wildman–Crippen LogP) is 2.55. The second-order valence-electron chi connectivity index (χ2n) is 5.60. The largest absolute Gasteiger partial charge is 0.372 e. The van der Waals surface area contributed by atoms with Gasteiger partial charge < -0.3 is 9.80 Å². The standard InChI is InChI=1S/C16H19N3O/c17-11-13-10-16(20)19(12-13)15-6-4-14(5-7-15)18-8-2-1-3-9-18/h4-7,13H,1-3,8-10,12H2. The Morgan fingerprint density at radius 1 is 1.05 bits per heavy atom. The van der Waals surface area contributed by atoms with Crippen LogP contribution in [0.3, 0.4) is 0 Å². The molecule has 2 aliphatic heterocycles. The smallest absolute Gasteiger partial charge is 0.228 e. The summed E-state index contributed by atoms with van der Waals surface area (Å²) >= 11 is 0. The van der Waals surface area contributed by atoms with Crippen LogP contribution in [0.25, 0.3) is 0 Å². The van der Waals surface area contributed by atoms with Crippen molar-refractivity contribution in [1.29, 1.82) is 5.26 Å². The molecule has 2 saturated heterocycles. The van der Waals surface area contributed by atoms with E-state index in [-0.39, 0.29) is 11.8 Å². The van der Waals surface area contributed by atoms with Crippen molar-refractivity contribution >= 4 is 17.3 Å². The molecule has 3 rings (SSSR count). The maximum Gasteiger partial charge on any atom is 0.228 e. The van der Waals surface area contributed by atoms with E-state index in [1.807, 2.05) is 12.1 Å². The summed E-state index contributed by atoms with van der Waals surface area (Å²) in [5, 5.41) is 8.93. The molecule has 1 unspecified atom stereocenters. The lowest BCUT2D eigenvalue weighted by Crippen LogP contribution is -2.29. The summed E-state index contributed by atoms with van der Waals surface area (Å²) in [7, 11) is 0. The Morgan fingerprint density at radius 2 is 1.70 bits per heavy atom. The Hall–Kier alpha value is -2.02. The molecule has 2 fully saturated rings. The van der Waals surface area contributed by atoms with Crippen molar-refractivity contribution in [2.45, 2.75) is 25.7 Å². The molecule has 1 aromatic rings. The van der Waals surface area contributed by atoms with Crippen LogP contribution >= 0.6 is 0 Å². The first-order valence-electron chi connectivity index (χ1n) is 7.33. The zero-order valence-corrected chi connectivity index (χ0v) is 11.6. The van der Waals surface area contributed by atoms with E-state index in [0.29, 0.717) is 13.0 Å². The molecular weight excluding hydrogens is 250 g/mol. The SMILES string of the molecule is N#CC1CC(=O)N(c2ccc(N3CCCCC3)cc2)C1. The highest BCUT2D eigenvalue weighted by Crippen LogP contribution is 2.27. The Balaban J connectivity index is 1.73. The lowest BCUT2D eigenvalue weighted by atomic mass is 10.1. The van der Waals surface area contributed by atoms with Crippen LogP contribution in [0.2, 0.25) is 0 Å². The average molecular weight is 269 g/mol. The molecule has 0 N–H and O–H groups in total. The fourth-order valence-electron chi connectivity index (χ4n) is 3.04. The van der Waals surface area contributed by atoms with Crippen LogP contribution in [0.4, 0.5) is 11.4 Å². The topological polar surface area (TPSA) is 47.3 Å². The third-order valence-electron chi connectivity index (χ3n) is 4.19. The van der Waals surface area contributed by atoms with E-state index < -0.39 is 0 Å². The Morgan fingerprint density at radius 3 is 2.30 bits per heavy atom. The van der Waals surface area contributed by atoms with Crippen LogP contribution in [-0.2, 0) is 4.79 Å². The molecular formula is C16H19N3O. The van der Waals surface area contributed by atoms with E-state index in [1.54, 1.807) is 4.90 Å². The number of amides is 1. The molecule has 4 nitrogen and oxygen atoms in total. The molecule has 0 aliphatic carbocycles. The van der Waals surface area contributed by atoms with E-state index in [2.05, 4.69) is 23.1 Å². The monoisotopic (exact) mass is 269 g/mol. The van der Waals surface area contributed by atoms with Crippen LogP contribution in [-0.4, -0.2) is 25.5 Å². The number of nitriles is 1. The van der Waals surface area contributed by atoms with Gasteiger partial charge in [-0.3, -0.25) is 4.79 Å². The van der Waals surface area contributed by atoms with Gasteiger partial charge in [-0.2, -0.15) is 5.26 Å². The minimum absolute atomic E-state index is 0.0577. The molecule has 0 saturated carbocycles. The summed E-state index contributed by atoms with van der Waals surface area (Å²) in [5.41, 5.74) is 2.14. The number of carbonyl (C=O) groups is 1. The number of piperidine rings is 1. The Bertz CT molecular complexity index is 526. The first-order valence-corrected chi connectivity index (χ1v) is 7.33.